The Hall–Kier alpha value is -3.99. The normalized spacial score (nSPS) is 19.9. The lowest BCUT2D eigenvalue weighted by Crippen LogP contribution is -2.41. The Labute approximate surface area is 287 Å². The number of likely N-dealkylation sites (N-methyl/N-ethyl adjacent to an activating group) is 1. The van der Waals surface area contributed by atoms with E-state index >= 15 is 0 Å². The number of anilines is 2. The number of carbonyl (C=O) groups excluding carboxylic acids is 2. The van der Waals surface area contributed by atoms with E-state index in [-0.39, 0.29) is 11.8 Å². The fourth-order valence-electron chi connectivity index (χ4n) is 7.79. The quantitative estimate of drug-likeness (QED) is 0.253. The van der Waals surface area contributed by atoms with Gasteiger partial charge in [0.15, 0.2) is 11.6 Å². The van der Waals surface area contributed by atoms with Crippen molar-refractivity contribution in [2.45, 2.75) is 71.5 Å². The van der Waals surface area contributed by atoms with Crippen molar-refractivity contribution in [2.75, 3.05) is 30.8 Å². The topological polar surface area (TPSA) is 100 Å². The summed E-state index contributed by atoms with van der Waals surface area (Å²) in [6.45, 7) is 7.77. The molecule has 7 rings (SSSR count). The second kappa shape index (κ2) is 13.1. The van der Waals surface area contributed by atoms with Gasteiger partial charge in [0.25, 0.3) is 11.8 Å². The van der Waals surface area contributed by atoms with E-state index in [0.29, 0.717) is 34.1 Å². The largest absolute Gasteiger partial charge is 0.327 e. The third kappa shape index (κ3) is 6.06. The number of amides is 2. The minimum atomic E-state index is -0.286. The van der Waals surface area contributed by atoms with Gasteiger partial charge >= 0.3 is 0 Å². The highest BCUT2D eigenvalue weighted by atomic mass is 35.5. The molecule has 2 N–H and O–H groups in total. The Balaban J connectivity index is 1.08. The molecule has 0 saturated heterocycles. The lowest BCUT2D eigenvalue weighted by atomic mass is 9.86. The van der Waals surface area contributed by atoms with Crippen molar-refractivity contribution in [3.05, 3.63) is 81.4 Å². The maximum absolute atomic E-state index is 13.6. The first-order chi connectivity index (χ1) is 23.1. The van der Waals surface area contributed by atoms with E-state index in [1.165, 1.54) is 25.7 Å². The Morgan fingerprint density at radius 1 is 0.771 bits per heavy atom. The molecule has 0 radical (unpaired) electrons. The molecule has 0 bridgehead atoms. The van der Waals surface area contributed by atoms with Gasteiger partial charge in [0.1, 0.15) is 0 Å². The first-order valence-electron chi connectivity index (χ1n) is 17.1. The highest BCUT2D eigenvalue weighted by Gasteiger charge is 2.31. The summed E-state index contributed by atoms with van der Waals surface area (Å²) in [5, 5.41) is 6.54. The van der Waals surface area contributed by atoms with E-state index in [1.807, 2.05) is 60.5 Å². The molecule has 0 atom stereocenters. The van der Waals surface area contributed by atoms with Gasteiger partial charge in [-0.1, -0.05) is 42.8 Å². The van der Waals surface area contributed by atoms with Gasteiger partial charge in [0.05, 0.1) is 22.1 Å². The van der Waals surface area contributed by atoms with Gasteiger partial charge in [-0.05, 0) is 68.8 Å². The first-order valence-corrected chi connectivity index (χ1v) is 17.5. The molecule has 11 heteroatoms. The summed E-state index contributed by atoms with van der Waals surface area (Å²) >= 11 is 6.99. The molecule has 48 heavy (non-hydrogen) atoms. The number of carbonyl (C=O) groups is 2. The molecule has 1 fully saturated rings. The van der Waals surface area contributed by atoms with Crippen molar-refractivity contribution >= 4 is 34.8 Å². The number of nitrogens with one attached hydrogen (secondary N) is 2. The van der Waals surface area contributed by atoms with Crippen molar-refractivity contribution in [3.63, 3.8) is 0 Å². The van der Waals surface area contributed by atoms with Gasteiger partial charge in [-0.2, -0.15) is 0 Å². The van der Waals surface area contributed by atoms with Crippen LogP contribution in [0.15, 0.2) is 36.4 Å². The van der Waals surface area contributed by atoms with E-state index in [9.17, 15) is 9.59 Å². The SMILES string of the molecule is Cc1c(NC(=O)c2nc3c(n2C)CCN(C)C3)cccc1-c1cccc(NC(=O)c2nc3c(n2C)CCN(C2CCC(C)CC2)C3)c1Cl. The molecular formula is C37H45ClN8O2. The second-order valence-electron chi connectivity index (χ2n) is 14.0. The lowest BCUT2D eigenvalue weighted by Gasteiger charge is -2.38. The van der Waals surface area contributed by atoms with Crippen LogP contribution in [0.5, 0.6) is 0 Å². The lowest BCUT2D eigenvalue weighted by molar-refractivity contribution is 0.100. The number of imidazole rings is 2. The van der Waals surface area contributed by atoms with Crippen molar-refractivity contribution in [3.8, 4) is 11.1 Å². The number of nitrogens with zero attached hydrogens (tertiary/aromatic N) is 6. The van der Waals surface area contributed by atoms with Crippen LogP contribution >= 0.6 is 11.6 Å². The van der Waals surface area contributed by atoms with E-state index in [2.05, 4.69) is 39.4 Å². The van der Waals surface area contributed by atoms with E-state index < -0.39 is 0 Å². The van der Waals surface area contributed by atoms with Crippen LogP contribution in [0.3, 0.4) is 0 Å². The molecule has 4 heterocycles. The van der Waals surface area contributed by atoms with Gasteiger partial charge < -0.3 is 24.7 Å². The van der Waals surface area contributed by atoms with Gasteiger partial charge in [0.2, 0.25) is 0 Å². The third-order valence-corrected chi connectivity index (χ3v) is 11.2. The third-order valence-electron chi connectivity index (χ3n) is 10.8. The summed E-state index contributed by atoms with van der Waals surface area (Å²) < 4.78 is 3.85. The maximum Gasteiger partial charge on any atom is 0.291 e. The molecule has 4 aromatic rings. The number of halogens is 1. The Kier molecular flexibility index (Phi) is 8.91. The van der Waals surface area contributed by atoms with Crippen molar-refractivity contribution < 1.29 is 9.59 Å². The smallest absolute Gasteiger partial charge is 0.291 e. The molecule has 1 saturated carbocycles. The monoisotopic (exact) mass is 668 g/mol. The zero-order chi connectivity index (χ0) is 33.7. The molecule has 2 aliphatic heterocycles. The van der Waals surface area contributed by atoms with E-state index in [4.69, 9.17) is 16.6 Å². The minimum absolute atomic E-state index is 0.254. The zero-order valence-electron chi connectivity index (χ0n) is 28.6. The Morgan fingerprint density at radius 2 is 1.33 bits per heavy atom. The predicted octanol–water partition coefficient (Wildman–Crippen LogP) is 6.21. The minimum Gasteiger partial charge on any atom is -0.327 e. The van der Waals surface area contributed by atoms with Crippen molar-refractivity contribution in [1.82, 2.24) is 28.9 Å². The average molecular weight is 669 g/mol. The summed E-state index contributed by atoms with van der Waals surface area (Å²) in [5.74, 6) is 1.07. The van der Waals surface area contributed by atoms with Crippen molar-refractivity contribution in [2.24, 2.45) is 20.0 Å². The van der Waals surface area contributed by atoms with Gasteiger partial charge in [-0.25, -0.2) is 9.97 Å². The molecule has 252 valence electrons. The number of aromatic nitrogens is 4. The predicted molar refractivity (Wildman–Crippen MR) is 190 cm³/mol. The highest BCUT2D eigenvalue weighted by molar-refractivity contribution is 6.36. The molecular weight excluding hydrogens is 624 g/mol. The molecule has 2 amide bonds. The fourth-order valence-corrected chi connectivity index (χ4v) is 8.06. The van der Waals surface area contributed by atoms with Gasteiger partial charge in [-0.3, -0.25) is 14.5 Å². The van der Waals surface area contributed by atoms with Gasteiger partial charge in [0, 0.05) is 81.8 Å². The second-order valence-corrected chi connectivity index (χ2v) is 14.3. The molecule has 10 nitrogen and oxygen atoms in total. The Bertz CT molecular complexity index is 1890. The number of fused-ring (bicyclic) bond motifs is 2. The zero-order valence-corrected chi connectivity index (χ0v) is 29.3. The van der Waals surface area contributed by atoms with E-state index in [1.54, 1.807) is 6.07 Å². The number of rotatable bonds is 6. The Morgan fingerprint density at radius 3 is 2.00 bits per heavy atom. The number of hydrogen-bond donors (Lipinski definition) is 2. The first kappa shape index (κ1) is 32.6. The molecule has 3 aliphatic rings. The standard InChI is InChI=1S/C37H45ClN8O2/c1-22-12-14-24(15-13-22)46-19-17-32-30(21-46)40-35(45(32)5)37(48)42-28-11-7-9-26(33(28)38)25-8-6-10-27(23(25)2)41-36(47)34-39-29-20-43(3)18-16-31(29)44(34)4/h6-11,22,24H,12-21H2,1-5H3,(H,41,47)(H,42,48). The van der Waals surface area contributed by atoms with Crippen LogP contribution in [0.1, 0.15) is 82.2 Å². The summed E-state index contributed by atoms with van der Waals surface area (Å²) in [4.78, 5) is 41.4. The molecule has 1 aliphatic carbocycles. The van der Waals surface area contributed by atoms with Crippen LogP contribution < -0.4 is 10.6 Å². The van der Waals surface area contributed by atoms with Crippen molar-refractivity contribution in [1.29, 1.82) is 0 Å². The van der Waals surface area contributed by atoms with Crippen LogP contribution in [-0.2, 0) is 40.0 Å². The summed E-state index contributed by atoms with van der Waals surface area (Å²) in [6, 6.07) is 12.0. The van der Waals surface area contributed by atoms with E-state index in [0.717, 1.165) is 84.4 Å². The van der Waals surface area contributed by atoms with Crippen LogP contribution in [0.4, 0.5) is 11.4 Å². The molecule has 2 aromatic carbocycles. The number of hydrogen-bond acceptors (Lipinski definition) is 6. The van der Waals surface area contributed by atoms with Crippen LogP contribution in [-0.4, -0.2) is 66.9 Å². The summed E-state index contributed by atoms with van der Waals surface area (Å²) in [7, 11) is 5.90. The summed E-state index contributed by atoms with van der Waals surface area (Å²) in [6.07, 6.45) is 6.80. The molecule has 0 unspecified atom stereocenters. The van der Waals surface area contributed by atoms with Crippen LogP contribution in [0.2, 0.25) is 5.02 Å². The van der Waals surface area contributed by atoms with Crippen LogP contribution in [0, 0.1) is 12.8 Å². The molecule has 0 spiro atoms. The molecule has 2 aromatic heterocycles. The maximum atomic E-state index is 13.6. The van der Waals surface area contributed by atoms with Crippen LogP contribution in [0.25, 0.3) is 11.1 Å². The van der Waals surface area contributed by atoms with Gasteiger partial charge in [-0.15, -0.1) is 0 Å². The summed E-state index contributed by atoms with van der Waals surface area (Å²) in [5.41, 5.74) is 7.86. The average Bonchev–Trinajstić information content (AvgIpc) is 3.58. The number of benzene rings is 2. The highest BCUT2D eigenvalue weighted by Crippen LogP contribution is 2.38. The fraction of sp³-hybridized carbons (Fsp3) is 0.459.